The van der Waals surface area contributed by atoms with Crippen LogP contribution in [0.15, 0.2) is 24.3 Å². The van der Waals surface area contributed by atoms with Gasteiger partial charge in [-0.05, 0) is 50.2 Å². The van der Waals surface area contributed by atoms with Crippen LogP contribution in [0.1, 0.15) is 112 Å². The summed E-state index contributed by atoms with van der Waals surface area (Å²) in [5, 5.41) is -0.108. The molecular weight excluding hydrogens is 477 g/mol. The Morgan fingerprint density at radius 1 is 0.917 bits per heavy atom. The van der Waals surface area contributed by atoms with Crippen molar-refractivity contribution in [1.29, 1.82) is 0 Å². The second kappa shape index (κ2) is 15.1. The van der Waals surface area contributed by atoms with Gasteiger partial charge in [0.05, 0.1) is 19.2 Å². The maximum Gasteiger partial charge on any atom is 0.313 e. The van der Waals surface area contributed by atoms with Crippen molar-refractivity contribution in [2.24, 2.45) is 0 Å². The highest BCUT2D eigenvalue weighted by molar-refractivity contribution is 6.83. The molecule has 0 N–H and O–H groups in total. The summed E-state index contributed by atoms with van der Waals surface area (Å²) in [5.74, 6) is 0.0676. The quantitative estimate of drug-likeness (QED) is 0.0756. The first-order chi connectivity index (χ1) is 16.7. The lowest BCUT2D eigenvalue weighted by atomic mass is 9.85. The van der Waals surface area contributed by atoms with Gasteiger partial charge in [0.1, 0.15) is 6.10 Å². The van der Waals surface area contributed by atoms with E-state index in [1.54, 1.807) is 0 Å². The second-order valence-corrected chi connectivity index (χ2v) is 23.7. The molecule has 210 valence electrons. The minimum absolute atomic E-state index is 0.0000713. The molecule has 36 heavy (non-hydrogen) atoms. The van der Waals surface area contributed by atoms with Gasteiger partial charge < -0.3 is 9.16 Å². The SMILES string of the molecule is CCCCC/C=C\C/C=C\C[C@H](C[C@@H]1OC(=O)[C@@]1(CCCCCC)[Si](C)(C)C)O[Si](C)(C)C(C)(C)C. The fourth-order valence-corrected chi connectivity index (χ4v) is 9.21. The molecule has 0 amide bonds. The summed E-state index contributed by atoms with van der Waals surface area (Å²) in [5.41, 5.74) is 0. The molecule has 0 aromatic heterocycles. The number of unbranched alkanes of at least 4 members (excludes halogenated alkanes) is 6. The highest BCUT2D eigenvalue weighted by Gasteiger charge is 2.64. The zero-order valence-corrected chi connectivity index (χ0v) is 27.7. The number of hydrogen-bond acceptors (Lipinski definition) is 3. The number of rotatable bonds is 18. The normalized spacial score (nSPS) is 22.3. The van der Waals surface area contributed by atoms with E-state index in [0.29, 0.717) is 0 Å². The Hall–Kier alpha value is -0.656. The molecule has 1 heterocycles. The Bertz CT molecular complexity index is 700. The van der Waals surface area contributed by atoms with Crippen LogP contribution in [0.2, 0.25) is 42.8 Å². The predicted octanol–water partition coefficient (Wildman–Crippen LogP) is 10.2. The molecule has 3 atom stereocenters. The molecule has 0 spiro atoms. The van der Waals surface area contributed by atoms with Crippen molar-refractivity contribution in [2.75, 3.05) is 0 Å². The first kappa shape index (κ1) is 33.4. The third kappa shape index (κ3) is 9.58. The summed E-state index contributed by atoms with van der Waals surface area (Å²) in [6.07, 6.45) is 22.8. The van der Waals surface area contributed by atoms with Gasteiger partial charge in [0, 0.05) is 6.42 Å². The molecule has 1 aliphatic heterocycles. The lowest BCUT2D eigenvalue weighted by Gasteiger charge is -2.55. The monoisotopic (exact) mass is 536 g/mol. The van der Waals surface area contributed by atoms with Crippen LogP contribution in [0.5, 0.6) is 0 Å². The van der Waals surface area contributed by atoms with E-state index in [4.69, 9.17) is 9.16 Å². The van der Waals surface area contributed by atoms with Crippen LogP contribution in [0.4, 0.5) is 0 Å². The maximum absolute atomic E-state index is 13.1. The van der Waals surface area contributed by atoms with Crippen molar-refractivity contribution in [3.8, 4) is 0 Å². The third-order valence-corrected chi connectivity index (χ3v) is 16.6. The Labute approximate surface area is 227 Å². The molecule has 1 aliphatic rings. The second-order valence-electron chi connectivity index (χ2n) is 13.6. The van der Waals surface area contributed by atoms with Gasteiger partial charge in [0.25, 0.3) is 0 Å². The number of carbonyl (C=O) groups excluding carboxylic acids is 1. The van der Waals surface area contributed by atoms with Gasteiger partial charge in [-0.15, -0.1) is 0 Å². The zero-order chi connectivity index (χ0) is 27.5. The Morgan fingerprint density at radius 3 is 2.08 bits per heavy atom. The van der Waals surface area contributed by atoms with Crippen molar-refractivity contribution in [3.63, 3.8) is 0 Å². The van der Waals surface area contributed by atoms with Crippen molar-refractivity contribution < 1.29 is 14.0 Å². The smallest absolute Gasteiger partial charge is 0.313 e. The number of carbonyl (C=O) groups is 1. The molecule has 0 aromatic rings. The van der Waals surface area contributed by atoms with Crippen molar-refractivity contribution in [1.82, 2.24) is 0 Å². The van der Waals surface area contributed by atoms with E-state index in [1.807, 2.05) is 0 Å². The Morgan fingerprint density at radius 2 is 1.53 bits per heavy atom. The molecule has 1 fully saturated rings. The number of hydrogen-bond donors (Lipinski definition) is 0. The Balaban J connectivity index is 2.96. The van der Waals surface area contributed by atoms with Crippen LogP contribution >= 0.6 is 0 Å². The molecule has 1 rings (SSSR count). The van der Waals surface area contributed by atoms with E-state index >= 15 is 0 Å². The van der Waals surface area contributed by atoms with E-state index in [-0.39, 0.29) is 28.3 Å². The number of allylic oxidation sites excluding steroid dienone is 3. The van der Waals surface area contributed by atoms with E-state index in [1.165, 1.54) is 44.9 Å². The summed E-state index contributed by atoms with van der Waals surface area (Å²) >= 11 is 0. The summed E-state index contributed by atoms with van der Waals surface area (Å²) in [7, 11) is -3.72. The van der Waals surface area contributed by atoms with Crippen LogP contribution in [-0.2, 0) is 14.0 Å². The summed E-state index contributed by atoms with van der Waals surface area (Å²) in [4.78, 5) is 13.1. The average molecular weight is 537 g/mol. The molecule has 0 saturated carbocycles. The first-order valence-electron chi connectivity index (χ1n) is 14.9. The van der Waals surface area contributed by atoms with E-state index in [9.17, 15) is 4.79 Å². The van der Waals surface area contributed by atoms with Crippen molar-refractivity contribution >= 4 is 22.4 Å². The van der Waals surface area contributed by atoms with Crippen LogP contribution in [0.25, 0.3) is 0 Å². The molecule has 0 unspecified atom stereocenters. The predicted molar refractivity (Wildman–Crippen MR) is 163 cm³/mol. The van der Waals surface area contributed by atoms with Gasteiger partial charge in [0.2, 0.25) is 0 Å². The van der Waals surface area contributed by atoms with Crippen LogP contribution in [-0.4, -0.2) is 34.6 Å². The molecule has 0 bridgehead atoms. The van der Waals surface area contributed by atoms with Crippen molar-refractivity contribution in [3.05, 3.63) is 24.3 Å². The van der Waals surface area contributed by atoms with Gasteiger partial charge in [-0.2, -0.15) is 0 Å². The lowest BCUT2D eigenvalue weighted by Crippen LogP contribution is -2.63. The number of ether oxygens (including phenoxy) is 1. The van der Waals surface area contributed by atoms with E-state index in [2.05, 4.69) is 91.7 Å². The van der Waals surface area contributed by atoms with Gasteiger partial charge in [-0.1, -0.05) is 117 Å². The van der Waals surface area contributed by atoms with Gasteiger partial charge in [-0.3, -0.25) is 4.79 Å². The molecule has 0 aromatic carbocycles. The number of cyclic esters (lactones) is 1. The molecule has 5 heteroatoms. The molecular formula is C31H60O3Si2. The van der Waals surface area contributed by atoms with Gasteiger partial charge >= 0.3 is 5.97 Å². The largest absolute Gasteiger partial charge is 0.461 e. The topological polar surface area (TPSA) is 35.5 Å². The van der Waals surface area contributed by atoms with Crippen LogP contribution < -0.4 is 0 Å². The maximum atomic E-state index is 13.1. The van der Waals surface area contributed by atoms with Gasteiger partial charge in [0.15, 0.2) is 8.32 Å². The minimum atomic E-state index is -1.94. The highest BCUT2D eigenvalue weighted by atomic mass is 28.4. The third-order valence-electron chi connectivity index (χ3n) is 8.65. The summed E-state index contributed by atoms with van der Waals surface area (Å²) < 4.78 is 12.9. The van der Waals surface area contributed by atoms with Gasteiger partial charge in [-0.25, -0.2) is 0 Å². The fraction of sp³-hybridized carbons (Fsp3) is 0.839. The molecule has 1 saturated heterocycles. The molecule has 3 nitrogen and oxygen atoms in total. The summed E-state index contributed by atoms with van der Waals surface area (Å²) in [6, 6.07) is 0. The van der Waals surface area contributed by atoms with Crippen molar-refractivity contribution in [2.45, 2.75) is 167 Å². The minimum Gasteiger partial charge on any atom is -0.461 e. The fourth-order valence-electron chi connectivity index (χ4n) is 5.09. The van der Waals surface area contributed by atoms with Crippen LogP contribution in [0.3, 0.4) is 0 Å². The Kier molecular flexibility index (Phi) is 14.0. The van der Waals surface area contributed by atoms with E-state index in [0.717, 1.165) is 32.1 Å². The summed E-state index contributed by atoms with van der Waals surface area (Å²) in [6.45, 7) is 23.2. The molecule has 0 aliphatic carbocycles. The molecule has 0 radical (unpaired) electrons. The standard InChI is InChI=1S/C31H60O3Si2/c1-11-13-15-17-18-19-20-21-22-24-27(34-36(9,10)30(3,4)5)26-28-31(29(32)33-28,35(6,7)8)25-23-16-14-12-2/h18-19,21-22,27-28H,11-17,20,23-26H2,1-10H3/b19-18-,22-21-/t27-,28+,31+/m1/s1. The van der Waals surface area contributed by atoms with E-state index < -0.39 is 16.4 Å². The lowest BCUT2D eigenvalue weighted by molar-refractivity contribution is -0.185. The first-order valence-corrected chi connectivity index (χ1v) is 21.3. The van der Waals surface area contributed by atoms with Crippen LogP contribution in [0, 0.1) is 0 Å². The number of esters is 1. The average Bonchev–Trinajstić information content (AvgIpc) is 2.75. The zero-order valence-electron chi connectivity index (χ0n) is 25.7. The highest BCUT2D eigenvalue weighted by Crippen LogP contribution is 2.57.